The van der Waals surface area contributed by atoms with Gasteiger partial charge >= 0.3 is 5.97 Å². The van der Waals surface area contributed by atoms with E-state index >= 15 is 0 Å². The number of hydrogen-bond donors (Lipinski definition) is 1. The van der Waals surface area contributed by atoms with Crippen LogP contribution in [0.25, 0.3) is 0 Å². The summed E-state index contributed by atoms with van der Waals surface area (Å²) in [5, 5.41) is 0. The molecule has 0 aromatic heterocycles. The van der Waals surface area contributed by atoms with Crippen LogP contribution in [0.15, 0.2) is 0 Å². The molecule has 0 amide bonds. The smallest absolute Gasteiger partial charge is 0.309 e. The third kappa shape index (κ3) is 0.296. The minimum Gasteiger partial charge on any atom is -0.460 e. The zero-order chi connectivity index (χ0) is 8.30. The van der Waals surface area contributed by atoms with Crippen molar-refractivity contribution in [2.24, 2.45) is 23.2 Å². The predicted molar refractivity (Wildman–Crippen MR) is 44.8 cm³/mol. The Kier molecular flexibility index (Phi) is 0.660. The molecular formula is C9H10O2S. The molecule has 4 fully saturated rings. The summed E-state index contributed by atoms with van der Waals surface area (Å²) < 4.78 is 5.40. The summed E-state index contributed by atoms with van der Waals surface area (Å²) in [7, 11) is 0. The first-order valence-electron chi connectivity index (χ1n) is 4.54. The van der Waals surface area contributed by atoms with Crippen LogP contribution in [0, 0.1) is 23.2 Å². The van der Waals surface area contributed by atoms with Crippen LogP contribution in [-0.2, 0) is 9.53 Å². The van der Waals surface area contributed by atoms with E-state index in [0.29, 0.717) is 17.3 Å². The molecule has 3 heteroatoms. The Morgan fingerprint density at radius 2 is 2.42 bits per heavy atom. The number of carbonyl (C=O) groups is 1. The van der Waals surface area contributed by atoms with Crippen LogP contribution in [0.1, 0.15) is 13.3 Å². The molecule has 3 saturated carbocycles. The summed E-state index contributed by atoms with van der Waals surface area (Å²) in [6, 6.07) is 0. The highest BCUT2D eigenvalue weighted by atomic mass is 32.1. The number of thiol groups is 1. The fourth-order valence-corrected chi connectivity index (χ4v) is 5.14. The van der Waals surface area contributed by atoms with Gasteiger partial charge in [0.1, 0.15) is 6.10 Å². The van der Waals surface area contributed by atoms with Gasteiger partial charge in [0.2, 0.25) is 0 Å². The zero-order valence-corrected chi connectivity index (χ0v) is 7.67. The molecule has 0 spiro atoms. The van der Waals surface area contributed by atoms with Crippen LogP contribution in [0.5, 0.6) is 0 Å². The fraction of sp³-hybridized carbons (Fsp3) is 0.889. The molecule has 0 aromatic carbocycles. The van der Waals surface area contributed by atoms with Gasteiger partial charge in [0.25, 0.3) is 0 Å². The second-order valence-electron chi connectivity index (χ2n) is 4.89. The SMILES string of the molecule is CC12C3C4CC1C2(S)C3OC4=O. The van der Waals surface area contributed by atoms with Gasteiger partial charge in [-0.3, -0.25) is 4.79 Å². The Labute approximate surface area is 76.1 Å². The van der Waals surface area contributed by atoms with E-state index in [1.807, 2.05) is 0 Å². The minimum atomic E-state index is 0.0483. The van der Waals surface area contributed by atoms with Crippen LogP contribution >= 0.6 is 12.6 Å². The van der Waals surface area contributed by atoms with Crippen molar-refractivity contribution in [3.8, 4) is 0 Å². The Morgan fingerprint density at radius 3 is 3.00 bits per heavy atom. The Bertz CT molecular complexity index is 320. The van der Waals surface area contributed by atoms with Gasteiger partial charge in [0.15, 0.2) is 0 Å². The fourth-order valence-electron chi connectivity index (χ4n) is 4.31. The number of ether oxygens (including phenoxy) is 1. The van der Waals surface area contributed by atoms with Gasteiger partial charge in [0.05, 0.1) is 10.7 Å². The van der Waals surface area contributed by atoms with Crippen LogP contribution < -0.4 is 0 Å². The molecule has 6 unspecified atom stereocenters. The van der Waals surface area contributed by atoms with Gasteiger partial charge < -0.3 is 4.74 Å². The molecule has 1 saturated heterocycles. The van der Waals surface area contributed by atoms with Gasteiger partial charge in [0, 0.05) is 5.92 Å². The Balaban J connectivity index is 1.94. The summed E-state index contributed by atoms with van der Waals surface area (Å²) in [6.45, 7) is 2.27. The lowest BCUT2D eigenvalue weighted by Crippen LogP contribution is -2.51. The second-order valence-corrected chi connectivity index (χ2v) is 5.63. The third-order valence-electron chi connectivity index (χ3n) is 4.96. The number of carbonyl (C=O) groups excluding carboxylic acids is 1. The van der Waals surface area contributed by atoms with Crippen molar-refractivity contribution in [2.45, 2.75) is 24.2 Å². The lowest BCUT2D eigenvalue weighted by atomic mass is 9.67. The molecule has 0 N–H and O–H groups in total. The van der Waals surface area contributed by atoms with Crippen LogP contribution in [-0.4, -0.2) is 16.8 Å². The molecule has 4 rings (SSSR count). The average Bonchev–Trinajstić information content (AvgIpc) is 2.34. The van der Waals surface area contributed by atoms with Crippen molar-refractivity contribution >= 4 is 18.6 Å². The number of esters is 1. The highest BCUT2D eigenvalue weighted by molar-refractivity contribution is 7.82. The largest absolute Gasteiger partial charge is 0.460 e. The standard InChI is InChI=1S/C9H10O2S/c1-8-4-2-3-5(8)6(9(4,8)12)11-7(3)10/h3-6,12H,2H2,1H3. The maximum atomic E-state index is 11.3. The van der Waals surface area contributed by atoms with Gasteiger partial charge in [-0.1, -0.05) is 6.92 Å². The first kappa shape index (κ1) is 6.30. The highest BCUT2D eigenvalue weighted by Gasteiger charge is 2.96. The normalized spacial score (nSPS) is 75.0. The summed E-state index contributed by atoms with van der Waals surface area (Å²) in [4.78, 5) is 11.3. The first-order chi connectivity index (χ1) is 5.62. The third-order valence-corrected chi connectivity index (χ3v) is 6.00. The van der Waals surface area contributed by atoms with E-state index in [0.717, 1.165) is 6.42 Å². The molecule has 2 nitrogen and oxygen atoms in total. The van der Waals surface area contributed by atoms with E-state index in [9.17, 15) is 4.79 Å². The highest BCUT2D eigenvalue weighted by Crippen LogP contribution is 2.90. The van der Waals surface area contributed by atoms with E-state index in [4.69, 9.17) is 4.74 Å². The quantitative estimate of drug-likeness (QED) is 0.444. The van der Waals surface area contributed by atoms with E-state index in [2.05, 4.69) is 19.6 Å². The van der Waals surface area contributed by atoms with Gasteiger partial charge in [-0.2, -0.15) is 12.6 Å². The molecule has 12 heavy (non-hydrogen) atoms. The topological polar surface area (TPSA) is 26.3 Å². The zero-order valence-electron chi connectivity index (χ0n) is 6.78. The molecule has 0 aromatic rings. The number of rotatable bonds is 0. The molecular weight excluding hydrogens is 172 g/mol. The average molecular weight is 182 g/mol. The summed E-state index contributed by atoms with van der Waals surface area (Å²) >= 11 is 4.67. The van der Waals surface area contributed by atoms with Crippen molar-refractivity contribution in [1.29, 1.82) is 0 Å². The van der Waals surface area contributed by atoms with Crippen LogP contribution in [0.3, 0.4) is 0 Å². The summed E-state index contributed by atoms with van der Waals surface area (Å²) in [5.74, 6) is 1.47. The first-order valence-corrected chi connectivity index (χ1v) is 4.99. The second kappa shape index (κ2) is 1.26. The number of hydrogen-bond acceptors (Lipinski definition) is 3. The van der Waals surface area contributed by atoms with Crippen molar-refractivity contribution in [2.75, 3.05) is 0 Å². The molecule has 1 heterocycles. The minimum absolute atomic E-state index is 0.0483. The Hall–Kier alpha value is -0.180. The molecule has 0 bridgehead atoms. The molecule has 3 aliphatic carbocycles. The maximum Gasteiger partial charge on any atom is 0.309 e. The summed E-state index contributed by atoms with van der Waals surface area (Å²) in [5.41, 5.74) is 0.359. The van der Waals surface area contributed by atoms with E-state index in [-0.39, 0.29) is 22.7 Å². The van der Waals surface area contributed by atoms with E-state index in [1.165, 1.54) is 0 Å². The molecule has 4 aliphatic rings. The predicted octanol–water partition coefficient (Wildman–Crippen LogP) is 0.866. The monoisotopic (exact) mass is 182 g/mol. The number of fused-ring (bicyclic) bond motifs is 2. The van der Waals surface area contributed by atoms with Crippen molar-refractivity contribution in [1.82, 2.24) is 0 Å². The van der Waals surface area contributed by atoms with Crippen molar-refractivity contribution in [3.63, 3.8) is 0 Å². The maximum absolute atomic E-state index is 11.3. The molecule has 0 radical (unpaired) electrons. The Morgan fingerprint density at radius 1 is 1.67 bits per heavy atom. The molecule has 1 aliphatic heterocycles. The van der Waals surface area contributed by atoms with E-state index in [1.54, 1.807) is 0 Å². The molecule has 6 atom stereocenters. The molecule has 64 valence electrons. The van der Waals surface area contributed by atoms with Crippen LogP contribution in [0.4, 0.5) is 0 Å². The van der Waals surface area contributed by atoms with Gasteiger partial charge in [-0.15, -0.1) is 0 Å². The lowest BCUT2D eigenvalue weighted by molar-refractivity contribution is -0.145. The van der Waals surface area contributed by atoms with Crippen molar-refractivity contribution < 1.29 is 9.53 Å². The summed E-state index contributed by atoms with van der Waals surface area (Å²) in [6.07, 6.45) is 1.21. The lowest BCUT2D eigenvalue weighted by Gasteiger charge is -2.42. The van der Waals surface area contributed by atoms with Crippen molar-refractivity contribution in [3.05, 3.63) is 0 Å². The van der Waals surface area contributed by atoms with E-state index < -0.39 is 0 Å². The van der Waals surface area contributed by atoms with Crippen LogP contribution in [0.2, 0.25) is 0 Å². The van der Waals surface area contributed by atoms with Gasteiger partial charge in [-0.05, 0) is 17.8 Å². The van der Waals surface area contributed by atoms with Gasteiger partial charge in [-0.25, -0.2) is 0 Å².